The number of fused-ring (bicyclic) bond motifs is 5. The van der Waals surface area contributed by atoms with E-state index >= 15 is 0 Å². The molecule has 2 N–H and O–H groups in total. The van der Waals surface area contributed by atoms with Gasteiger partial charge in [0.15, 0.2) is 5.78 Å². The van der Waals surface area contributed by atoms with Crippen LogP contribution in [0.15, 0.2) is 16.8 Å². The zero-order valence-corrected chi connectivity index (χ0v) is 24.8. The minimum atomic E-state index is -0.359. The lowest BCUT2D eigenvalue weighted by molar-refractivity contribution is -0.122. The number of oxime groups is 1. The smallest absolute Gasteiger partial charge is 0.358 e. The zero-order chi connectivity index (χ0) is 28.2. The molecule has 8 atom stereocenters. The van der Waals surface area contributed by atoms with Crippen LogP contribution in [-0.4, -0.2) is 60.1 Å². The van der Waals surface area contributed by atoms with Crippen LogP contribution in [0.25, 0.3) is 0 Å². The van der Waals surface area contributed by atoms with E-state index in [1.54, 1.807) is 7.05 Å². The number of rotatable bonds is 6. The van der Waals surface area contributed by atoms with Crippen molar-refractivity contribution in [2.24, 2.45) is 39.7 Å². The number of nitrogens with one attached hydrogen (secondary N) is 2. The molecule has 6 rings (SSSR count). The summed E-state index contributed by atoms with van der Waals surface area (Å²) >= 11 is 0. The summed E-state index contributed by atoms with van der Waals surface area (Å²) in [5.74, 6) is 2.71. The van der Waals surface area contributed by atoms with E-state index < -0.39 is 0 Å². The SMILES string of the molecule is CNC(=O)C1CCC(CN(C(=O)O/N=C(\C)[C@H]2CC[C@H]3[C@@H]4CCC5=CC(=O)CC[C@]5(C)[C@H]4CC[C@]23C)C2CC2)N1. The fourth-order valence-corrected chi connectivity index (χ4v) is 9.81. The molecule has 1 saturated heterocycles. The predicted molar refractivity (Wildman–Crippen MR) is 154 cm³/mol. The highest BCUT2D eigenvalue weighted by molar-refractivity contribution is 5.91. The molecule has 2 amide bonds. The number of carbonyl (C=O) groups excluding carboxylic acids is 3. The maximum atomic E-state index is 13.2. The molecule has 4 saturated carbocycles. The fraction of sp³-hybridized carbons (Fsp3) is 0.812. The van der Waals surface area contributed by atoms with Gasteiger partial charge in [-0.2, -0.15) is 0 Å². The van der Waals surface area contributed by atoms with Crippen LogP contribution in [0, 0.1) is 34.5 Å². The largest absolute Gasteiger partial charge is 0.436 e. The molecule has 0 radical (unpaired) electrons. The van der Waals surface area contributed by atoms with Gasteiger partial charge < -0.3 is 15.5 Å². The normalized spacial score (nSPS) is 41.0. The van der Waals surface area contributed by atoms with Crippen molar-refractivity contribution < 1.29 is 19.2 Å². The number of nitrogens with zero attached hydrogens (tertiary/aromatic N) is 2. The van der Waals surface area contributed by atoms with Gasteiger partial charge in [0, 0.05) is 38.0 Å². The maximum Gasteiger partial charge on any atom is 0.436 e. The van der Waals surface area contributed by atoms with Gasteiger partial charge in [0.25, 0.3) is 0 Å². The summed E-state index contributed by atoms with van der Waals surface area (Å²) in [6, 6.07) is 0.128. The first-order valence-electron chi connectivity index (χ1n) is 15.9. The first-order chi connectivity index (χ1) is 19.1. The fourth-order valence-electron chi connectivity index (χ4n) is 9.81. The molecule has 40 heavy (non-hydrogen) atoms. The van der Waals surface area contributed by atoms with Crippen molar-refractivity contribution >= 4 is 23.5 Å². The van der Waals surface area contributed by atoms with Crippen molar-refractivity contribution in [2.45, 2.75) is 116 Å². The quantitative estimate of drug-likeness (QED) is 0.275. The molecule has 0 spiro atoms. The highest BCUT2D eigenvalue weighted by Gasteiger charge is 2.59. The van der Waals surface area contributed by atoms with Crippen molar-refractivity contribution in [1.82, 2.24) is 15.5 Å². The van der Waals surface area contributed by atoms with Gasteiger partial charge in [-0.05, 0) is 112 Å². The Morgan fingerprint density at radius 3 is 2.60 bits per heavy atom. The van der Waals surface area contributed by atoms with Gasteiger partial charge in [0.1, 0.15) is 0 Å². The number of ketones is 1. The summed E-state index contributed by atoms with van der Waals surface area (Å²) in [5, 5.41) is 10.6. The summed E-state index contributed by atoms with van der Waals surface area (Å²) < 4.78 is 0. The lowest BCUT2D eigenvalue weighted by atomic mass is 9.46. The molecule has 0 aromatic carbocycles. The number of hydrogen-bond acceptors (Lipinski definition) is 6. The molecule has 8 nitrogen and oxygen atoms in total. The van der Waals surface area contributed by atoms with Crippen LogP contribution in [0.2, 0.25) is 0 Å². The van der Waals surface area contributed by atoms with Gasteiger partial charge in [0.2, 0.25) is 5.91 Å². The monoisotopic (exact) mass is 552 g/mol. The van der Waals surface area contributed by atoms with Gasteiger partial charge in [0.05, 0.1) is 11.8 Å². The Hall–Kier alpha value is -2.22. The van der Waals surface area contributed by atoms with Crippen LogP contribution >= 0.6 is 0 Å². The van der Waals surface area contributed by atoms with Gasteiger partial charge in [-0.25, -0.2) is 4.79 Å². The lowest BCUT2D eigenvalue weighted by Gasteiger charge is -2.58. The zero-order valence-electron chi connectivity index (χ0n) is 24.8. The van der Waals surface area contributed by atoms with E-state index in [9.17, 15) is 14.4 Å². The van der Waals surface area contributed by atoms with E-state index in [1.165, 1.54) is 31.3 Å². The number of likely N-dealkylation sites (N-methyl/N-ethyl adjacent to an activating group) is 1. The summed E-state index contributed by atoms with van der Waals surface area (Å²) in [4.78, 5) is 44.8. The Balaban J connectivity index is 1.10. The second-order valence-corrected chi connectivity index (χ2v) is 14.2. The van der Waals surface area contributed by atoms with Gasteiger partial charge in [-0.3, -0.25) is 14.4 Å². The summed E-state index contributed by atoms with van der Waals surface area (Å²) in [6.07, 6.45) is 14.0. The van der Waals surface area contributed by atoms with Crippen LogP contribution in [0.4, 0.5) is 4.79 Å². The Morgan fingerprint density at radius 1 is 1.05 bits per heavy atom. The molecule has 220 valence electrons. The molecule has 6 aliphatic rings. The predicted octanol–water partition coefficient (Wildman–Crippen LogP) is 4.98. The second-order valence-electron chi connectivity index (χ2n) is 14.2. The number of carbonyl (C=O) groups is 3. The maximum absolute atomic E-state index is 13.2. The van der Waals surface area contributed by atoms with E-state index in [-0.39, 0.29) is 41.0 Å². The van der Waals surface area contributed by atoms with Crippen LogP contribution in [0.5, 0.6) is 0 Å². The van der Waals surface area contributed by atoms with E-state index in [4.69, 9.17) is 4.84 Å². The standard InChI is InChI=1S/C32H48N4O4/c1-19(35-40-30(39)36(22-7-8-22)18-21-6-12-28(34-21)29(38)33-4)25-10-11-26-24-9-5-20-17-23(37)13-15-31(20,2)27(24)14-16-32(25,26)3/h17,21-22,24-28,34H,5-16,18H2,1-4H3,(H,33,38)/b35-19+/t21?,24-,25+,26-,27-,28?,31-,32+/m0/s1. The van der Waals surface area contributed by atoms with Crippen molar-refractivity contribution in [3.05, 3.63) is 11.6 Å². The topological polar surface area (TPSA) is 100 Å². The third kappa shape index (κ3) is 4.82. The first-order valence-corrected chi connectivity index (χ1v) is 15.9. The van der Waals surface area contributed by atoms with Crippen molar-refractivity contribution in [2.75, 3.05) is 13.6 Å². The average molecular weight is 553 g/mol. The Labute approximate surface area is 239 Å². The summed E-state index contributed by atoms with van der Waals surface area (Å²) in [7, 11) is 1.66. The van der Waals surface area contributed by atoms with Gasteiger partial charge in [-0.15, -0.1) is 0 Å². The lowest BCUT2D eigenvalue weighted by Crippen LogP contribution is -2.51. The molecular formula is C32H48N4O4. The summed E-state index contributed by atoms with van der Waals surface area (Å²) in [5.41, 5.74) is 2.75. The van der Waals surface area contributed by atoms with E-state index in [1.807, 2.05) is 11.0 Å². The molecule has 1 heterocycles. The van der Waals surface area contributed by atoms with Crippen LogP contribution in [-0.2, 0) is 14.4 Å². The molecule has 0 aromatic rings. The van der Waals surface area contributed by atoms with Crippen molar-refractivity contribution in [3.8, 4) is 0 Å². The number of amides is 2. The molecule has 8 heteroatoms. The molecular weight excluding hydrogens is 504 g/mol. The van der Waals surface area contributed by atoms with Crippen molar-refractivity contribution in [1.29, 1.82) is 0 Å². The highest BCUT2D eigenvalue weighted by Crippen LogP contribution is 2.66. The van der Waals surface area contributed by atoms with Crippen LogP contribution in [0.1, 0.15) is 97.8 Å². The van der Waals surface area contributed by atoms with E-state index in [0.717, 1.165) is 50.7 Å². The van der Waals surface area contributed by atoms with Crippen LogP contribution < -0.4 is 10.6 Å². The molecule has 0 aromatic heterocycles. The van der Waals surface area contributed by atoms with Gasteiger partial charge >= 0.3 is 6.09 Å². The van der Waals surface area contributed by atoms with E-state index in [2.05, 4.69) is 36.6 Å². The Morgan fingerprint density at radius 2 is 1.85 bits per heavy atom. The average Bonchev–Trinajstić information content (AvgIpc) is 3.56. The Bertz CT molecular complexity index is 1110. The first kappa shape index (κ1) is 27.9. The minimum Gasteiger partial charge on any atom is -0.358 e. The molecule has 0 bridgehead atoms. The van der Waals surface area contributed by atoms with Crippen LogP contribution in [0.3, 0.4) is 0 Å². The molecule has 1 aliphatic heterocycles. The van der Waals surface area contributed by atoms with E-state index in [0.29, 0.717) is 42.4 Å². The minimum absolute atomic E-state index is 0.00810. The molecule has 5 fully saturated rings. The van der Waals surface area contributed by atoms with Crippen molar-refractivity contribution in [3.63, 3.8) is 0 Å². The number of hydrogen-bond donors (Lipinski definition) is 2. The third-order valence-corrected chi connectivity index (χ3v) is 12.2. The molecule has 2 unspecified atom stereocenters. The highest BCUT2D eigenvalue weighted by atomic mass is 16.7. The third-order valence-electron chi connectivity index (χ3n) is 12.2. The molecule has 5 aliphatic carbocycles. The Kier molecular flexibility index (Phi) is 7.37. The number of allylic oxidation sites excluding steroid dienone is 1. The summed E-state index contributed by atoms with van der Waals surface area (Å²) in [6.45, 7) is 7.52. The second kappa shape index (κ2) is 10.6. The van der Waals surface area contributed by atoms with Gasteiger partial charge in [-0.1, -0.05) is 24.6 Å².